The van der Waals surface area contributed by atoms with Crippen molar-refractivity contribution in [2.24, 2.45) is 0 Å². The van der Waals surface area contributed by atoms with Gasteiger partial charge in [0.05, 0.1) is 5.69 Å². The van der Waals surface area contributed by atoms with Crippen LogP contribution in [-0.4, -0.2) is 5.11 Å². The molecular formula is C38H27NO. The zero-order chi connectivity index (χ0) is 27.1. The molecule has 7 aromatic rings. The van der Waals surface area contributed by atoms with Crippen LogP contribution in [0.4, 0.5) is 5.69 Å². The minimum atomic E-state index is 0.0868. The summed E-state index contributed by atoms with van der Waals surface area (Å²) in [5.41, 5.74) is 15.2. The van der Waals surface area contributed by atoms with Crippen LogP contribution < -0.4 is 5.73 Å². The number of hydrogen-bond acceptors (Lipinski definition) is 2. The second-order valence-electron chi connectivity index (χ2n) is 10.2. The van der Waals surface area contributed by atoms with Gasteiger partial charge in [0, 0.05) is 5.56 Å². The van der Waals surface area contributed by atoms with Crippen molar-refractivity contribution in [1.82, 2.24) is 0 Å². The van der Waals surface area contributed by atoms with E-state index in [2.05, 4.69) is 140 Å². The van der Waals surface area contributed by atoms with Crippen LogP contribution in [0.3, 0.4) is 0 Å². The summed E-state index contributed by atoms with van der Waals surface area (Å²) in [6.45, 7) is 0. The van der Waals surface area contributed by atoms with Gasteiger partial charge in [0.1, 0.15) is 5.75 Å². The molecule has 0 radical (unpaired) electrons. The van der Waals surface area contributed by atoms with E-state index in [-0.39, 0.29) is 5.75 Å². The fourth-order valence-corrected chi connectivity index (χ4v) is 5.67. The maximum atomic E-state index is 10.8. The highest BCUT2D eigenvalue weighted by Gasteiger charge is 2.13. The molecule has 7 aromatic carbocycles. The Kier molecular flexibility index (Phi) is 5.79. The lowest BCUT2D eigenvalue weighted by atomic mass is 9.93. The molecule has 190 valence electrons. The van der Waals surface area contributed by atoms with E-state index in [0.29, 0.717) is 5.69 Å². The number of aromatic hydroxyl groups is 1. The first-order valence-corrected chi connectivity index (χ1v) is 13.5. The van der Waals surface area contributed by atoms with Crippen LogP contribution in [0.25, 0.3) is 66.1 Å². The lowest BCUT2D eigenvalue weighted by molar-refractivity contribution is 0.478. The van der Waals surface area contributed by atoms with Crippen LogP contribution >= 0.6 is 0 Å². The molecule has 2 nitrogen and oxygen atoms in total. The maximum Gasteiger partial charge on any atom is 0.139 e. The number of fused-ring (bicyclic) bond motifs is 2. The van der Waals surface area contributed by atoms with Gasteiger partial charge in [0.25, 0.3) is 0 Å². The first-order valence-electron chi connectivity index (χ1n) is 13.5. The molecule has 0 aliphatic rings. The van der Waals surface area contributed by atoms with Crippen molar-refractivity contribution in [1.29, 1.82) is 0 Å². The monoisotopic (exact) mass is 513 g/mol. The molecule has 0 spiro atoms. The van der Waals surface area contributed by atoms with Crippen LogP contribution in [0.15, 0.2) is 146 Å². The molecule has 3 N–H and O–H groups in total. The molecule has 0 aromatic heterocycles. The minimum Gasteiger partial charge on any atom is -0.506 e. The zero-order valence-corrected chi connectivity index (χ0v) is 21.9. The smallest absolute Gasteiger partial charge is 0.139 e. The fourth-order valence-electron chi connectivity index (χ4n) is 5.67. The summed E-state index contributed by atoms with van der Waals surface area (Å²) in [4.78, 5) is 0. The van der Waals surface area contributed by atoms with Crippen molar-refractivity contribution < 1.29 is 5.11 Å². The first kappa shape index (κ1) is 23.8. The topological polar surface area (TPSA) is 46.2 Å². The van der Waals surface area contributed by atoms with E-state index in [1.54, 1.807) is 6.07 Å². The average Bonchev–Trinajstić information content (AvgIpc) is 3.02. The highest BCUT2D eigenvalue weighted by atomic mass is 16.3. The third-order valence-corrected chi connectivity index (χ3v) is 7.77. The average molecular weight is 514 g/mol. The van der Waals surface area contributed by atoms with E-state index in [1.807, 2.05) is 0 Å². The number of phenolic OH excluding ortho intramolecular Hbond substituents is 1. The molecule has 0 unspecified atom stereocenters. The van der Waals surface area contributed by atoms with Gasteiger partial charge in [-0.25, -0.2) is 0 Å². The van der Waals surface area contributed by atoms with E-state index in [1.165, 1.54) is 32.7 Å². The molecule has 7 rings (SSSR count). The zero-order valence-electron chi connectivity index (χ0n) is 21.9. The number of nitrogen functional groups attached to an aromatic ring is 1. The quantitative estimate of drug-likeness (QED) is 0.182. The van der Waals surface area contributed by atoms with E-state index in [0.717, 1.165) is 33.4 Å². The SMILES string of the molecule is Nc1c(O)cc(-c2ccc(-c3cccc4ccccc34)cc2)cc1-c1ccc(-c2cccc3ccccc23)cc1. The van der Waals surface area contributed by atoms with Gasteiger partial charge >= 0.3 is 0 Å². The molecule has 0 heterocycles. The first-order chi connectivity index (χ1) is 19.7. The molecule has 0 atom stereocenters. The highest BCUT2D eigenvalue weighted by molar-refractivity contribution is 5.98. The van der Waals surface area contributed by atoms with Crippen LogP contribution in [0.1, 0.15) is 0 Å². The van der Waals surface area contributed by atoms with E-state index < -0.39 is 0 Å². The number of phenols is 1. The second-order valence-corrected chi connectivity index (χ2v) is 10.2. The summed E-state index contributed by atoms with van der Waals surface area (Å²) >= 11 is 0. The largest absolute Gasteiger partial charge is 0.506 e. The number of hydrogen-bond donors (Lipinski definition) is 2. The van der Waals surface area contributed by atoms with Gasteiger partial charge in [-0.1, -0.05) is 133 Å². The van der Waals surface area contributed by atoms with E-state index >= 15 is 0 Å². The van der Waals surface area contributed by atoms with Gasteiger partial charge in [-0.3, -0.25) is 0 Å². The summed E-state index contributed by atoms with van der Waals surface area (Å²) < 4.78 is 0. The standard InChI is InChI=1S/C38H27NO/c39-38-36(30-21-19-29(20-22-30)35-14-6-10-27-8-2-4-12-33(27)35)23-31(24-37(38)40)25-15-17-28(18-16-25)34-13-5-9-26-7-1-3-11-32(26)34/h1-24,40H,39H2. The molecule has 0 saturated carbocycles. The lowest BCUT2D eigenvalue weighted by Crippen LogP contribution is -1.93. The summed E-state index contributed by atoms with van der Waals surface area (Å²) in [5.74, 6) is 0.0868. The van der Waals surface area contributed by atoms with Crippen LogP contribution in [0.2, 0.25) is 0 Å². The highest BCUT2D eigenvalue weighted by Crippen LogP contribution is 2.39. The second kappa shape index (κ2) is 9.76. The molecule has 2 heteroatoms. The number of rotatable bonds is 4. The Bertz CT molecular complexity index is 1990. The van der Waals surface area contributed by atoms with E-state index in [9.17, 15) is 5.11 Å². The predicted molar refractivity (Wildman–Crippen MR) is 169 cm³/mol. The third kappa shape index (κ3) is 4.16. The van der Waals surface area contributed by atoms with Crippen molar-refractivity contribution in [3.63, 3.8) is 0 Å². The van der Waals surface area contributed by atoms with Gasteiger partial charge in [-0.15, -0.1) is 0 Å². The van der Waals surface area contributed by atoms with Crippen LogP contribution in [-0.2, 0) is 0 Å². The summed E-state index contributed by atoms with van der Waals surface area (Å²) in [7, 11) is 0. The Morgan fingerprint density at radius 2 is 0.800 bits per heavy atom. The number of anilines is 1. The molecule has 0 fully saturated rings. The summed E-state index contributed by atoms with van der Waals surface area (Å²) in [6.07, 6.45) is 0. The molecular weight excluding hydrogens is 486 g/mol. The Morgan fingerprint density at radius 3 is 1.32 bits per heavy atom. The predicted octanol–water partition coefficient (Wildman–Crippen LogP) is 9.95. The molecule has 40 heavy (non-hydrogen) atoms. The van der Waals surface area contributed by atoms with Crippen molar-refractivity contribution in [3.05, 3.63) is 146 Å². The maximum absolute atomic E-state index is 10.8. The number of nitrogens with two attached hydrogens (primary N) is 1. The Balaban J connectivity index is 1.24. The minimum absolute atomic E-state index is 0.0868. The normalized spacial score (nSPS) is 11.2. The van der Waals surface area contributed by atoms with Crippen molar-refractivity contribution in [3.8, 4) is 50.3 Å². The van der Waals surface area contributed by atoms with Crippen LogP contribution in [0.5, 0.6) is 5.75 Å². The van der Waals surface area contributed by atoms with Crippen molar-refractivity contribution in [2.75, 3.05) is 5.73 Å². The Morgan fingerprint density at radius 1 is 0.375 bits per heavy atom. The Hall–Kier alpha value is -5.34. The van der Waals surface area contributed by atoms with Gasteiger partial charge in [-0.2, -0.15) is 0 Å². The summed E-state index contributed by atoms with van der Waals surface area (Å²) in [6, 6.07) is 50.4. The van der Waals surface area contributed by atoms with Gasteiger partial charge in [-0.05, 0) is 72.6 Å². The lowest BCUT2D eigenvalue weighted by Gasteiger charge is -2.13. The molecule has 0 aliphatic carbocycles. The van der Waals surface area contributed by atoms with Gasteiger partial charge < -0.3 is 10.8 Å². The van der Waals surface area contributed by atoms with Crippen molar-refractivity contribution >= 4 is 27.2 Å². The van der Waals surface area contributed by atoms with E-state index in [4.69, 9.17) is 5.73 Å². The molecule has 0 saturated heterocycles. The number of benzene rings is 7. The Labute approximate surface area is 233 Å². The fraction of sp³-hybridized carbons (Fsp3) is 0. The van der Waals surface area contributed by atoms with Crippen LogP contribution in [0, 0.1) is 0 Å². The van der Waals surface area contributed by atoms with Gasteiger partial charge in [0.15, 0.2) is 0 Å². The molecule has 0 amide bonds. The molecule has 0 bridgehead atoms. The van der Waals surface area contributed by atoms with Crippen molar-refractivity contribution in [2.45, 2.75) is 0 Å². The molecule has 0 aliphatic heterocycles. The third-order valence-electron chi connectivity index (χ3n) is 7.77. The summed E-state index contributed by atoms with van der Waals surface area (Å²) in [5, 5.41) is 15.7. The van der Waals surface area contributed by atoms with Gasteiger partial charge in [0.2, 0.25) is 0 Å².